The van der Waals surface area contributed by atoms with Crippen molar-refractivity contribution in [3.63, 3.8) is 0 Å². The maximum atomic E-state index is 11.8. The van der Waals surface area contributed by atoms with Crippen LogP contribution in [0.2, 0.25) is 0 Å². The van der Waals surface area contributed by atoms with Gasteiger partial charge in [-0.1, -0.05) is 0 Å². The van der Waals surface area contributed by atoms with Crippen LogP contribution < -0.4 is 5.73 Å². The second-order valence-electron chi connectivity index (χ2n) is 1.89. The highest BCUT2D eigenvalue weighted by molar-refractivity contribution is 4.91. The summed E-state index contributed by atoms with van der Waals surface area (Å²) in [5.41, 5.74) is 4.74. The molecule has 62 valence electrons. The maximum Gasteiger partial charge on any atom is 0.412 e. The largest absolute Gasteiger partial charge is 0.447 e. The van der Waals surface area contributed by atoms with E-state index in [1.165, 1.54) is 0 Å². The van der Waals surface area contributed by atoms with Crippen LogP contribution in [0.3, 0.4) is 0 Å². The number of hydrogen-bond donors (Lipinski definition) is 1. The Bertz CT molecular complexity index is 218. The van der Waals surface area contributed by atoms with Gasteiger partial charge in [-0.05, 0) is 0 Å². The van der Waals surface area contributed by atoms with Gasteiger partial charge in [-0.25, -0.2) is 4.98 Å². The van der Waals surface area contributed by atoms with Gasteiger partial charge in [-0.3, -0.25) is 0 Å². The Balaban J connectivity index is 2.78. The van der Waals surface area contributed by atoms with Crippen LogP contribution >= 0.6 is 0 Å². The van der Waals surface area contributed by atoms with Gasteiger partial charge in [-0.15, -0.1) is 0 Å². The summed E-state index contributed by atoms with van der Waals surface area (Å²) in [7, 11) is 0. The molecule has 0 saturated carbocycles. The van der Waals surface area contributed by atoms with Crippen LogP contribution in [0.1, 0.15) is 11.9 Å². The van der Waals surface area contributed by atoms with Gasteiger partial charge in [0.05, 0.1) is 6.20 Å². The van der Waals surface area contributed by atoms with E-state index in [0.717, 1.165) is 12.5 Å². The minimum absolute atomic E-state index is 0.516. The molecule has 0 aliphatic rings. The fourth-order valence-electron chi connectivity index (χ4n) is 0.528. The van der Waals surface area contributed by atoms with Crippen LogP contribution in [0, 0.1) is 0 Å². The van der Waals surface area contributed by atoms with Crippen LogP contribution in [-0.4, -0.2) is 11.2 Å². The molecule has 11 heavy (non-hydrogen) atoms. The summed E-state index contributed by atoms with van der Waals surface area (Å²) in [5, 5.41) is 0. The Morgan fingerprint density at radius 2 is 2.18 bits per heavy atom. The summed E-state index contributed by atoms with van der Waals surface area (Å²) < 4.78 is 39.7. The molecule has 1 rings (SSSR count). The van der Waals surface area contributed by atoms with E-state index < -0.39 is 18.1 Å². The number of halogens is 3. The Morgan fingerprint density at radius 1 is 1.55 bits per heavy atom. The van der Waals surface area contributed by atoms with E-state index in [9.17, 15) is 13.2 Å². The lowest BCUT2D eigenvalue weighted by atomic mass is 10.3. The summed E-state index contributed by atoms with van der Waals surface area (Å²) in [6.07, 6.45) is -2.34. The topological polar surface area (TPSA) is 52.0 Å². The molecule has 0 bridgehead atoms. The molecule has 0 aliphatic heterocycles. The number of hydrogen-bond acceptors (Lipinski definition) is 3. The first-order valence-electron chi connectivity index (χ1n) is 2.73. The summed E-state index contributed by atoms with van der Waals surface area (Å²) in [4.78, 5) is 3.27. The van der Waals surface area contributed by atoms with Gasteiger partial charge in [0.2, 0.25) is 5.89 Å². The standard InChI is InChI=1S/C5H5F3N2O/c6-5(7,8)3(9)4-10-1-2-11-4/h1-3H,9H2. The summed E-state index contributed by atoms with van der Waals surface area (Å²) in [6, 6.07) is -2.13. The molecule has 3 nitrogen and oxygen atoms in total. The predicted molar refractivity (Wildman–Crippen MR) is 29.5 cm³/mol. The lowest BCUT2D eigenvalue weighted by molar-refractivity contribution is -0.153. The highest BCUT2D eigenvalue weighted by atomic mass is 19.4. The molecule has 1 unspecified atom stereocenters. The zero-order valence-electron chi connectivity index (χ0n) is 5.30. The van der Waals surface area contributed by atoms with Crippen molar-refractivity contribution < 1.29 is 17.6 Å². The molecule has 0 amide bonds. The fourth-order valence-corrected chi connectivity index (χ4v) is 0.528. The van der Waals surface area contributed by atoms with Crippen molar-refractivity contribution in [1.82, 2.24) is 4.98 Å². The summed E-state index contributed by atoms with van der Waals surface area (Å²) >= 11 is 0. The first-order chi connectivity index (χ1) is 5.02. The molecular weight excluding hydrogens is 161 g/mol. The highest BCUT2D eigenvalue weighted by Gasteiger charge is 2.40. The van der Waals surface area contributed by atoms with Crippen molar-refractivity contribution in [3.8, 4) is 0 Å². The lowest BCUT2D eigenvalue weighted by Gasteiger charge is -2.10. The van der Waals surface area contributed by atoms with Gasteiger partial charge in [-0.2, -0.15) is 13.2 Å². The number of rotatable bonds is 1. The molecule has 0 aliphatic carbocycles. The Kier molecular flexibility index (Phi) is 1.86. The summed E-state index contributed by atoms with van der Waals surface area (Å²) in [6.45, 7) is 0. The number of nitrogens with two attached hydrogens (primary N) is 1. The first kappa shape index (κ1) is 8.06. The monoisotopic (exact) mass is 166 g/mol. The average Bonchev–Trinajstić information content (AvgIpc) is 2.34. The van der Waals surface area contributed by atoms with Gasteiger partial charge < -0.3 is 10.2 Å². The van der Waals surface area contributed by atoms with Crippen LogP contribution in [0.25, 0.3) is 0 Å². The van der Waals surface area contributed by atoms with Crippen molar-refractivity contribution in [2.75, 3.05) is 0 Å². The smallest absolute Gasteiger partial charge is 0.412 e. The molecule has 0 spiro atoms. The zero-order valence-corrected chi connectivity index (χ0v) is 5.30. The first-order valence-corrected chi connectivity index (χ1v) is 2.73. The molecule has 1 heterocycles. The number of oxazole rings is 1. The number of aromatic nitrogens is 1. The number of nitrogens with zero attached hydrogens (tertiary/aromatic N) is 1. The molecule has 0 aromatic carbocycles. The maximum absolute atomic E-state index is 11.8. The van der Waals surface area contributed by atoms with Gasteiger partial charge in [0.1, 0.15) is 6.26 Å². The van der Waals surface area contributed by atoms with Gasteiger partial charge in [0.25, 0.3) is 0 Å². The number of alkyl halides is 3. The minimum Gasteiger partial charge on any atom is -0.447 e. The van der Waals surface area contributed by atoms with E-state index in [1.807, 2.05) is 0 Å². The van der Waals surface area contributed by atoms with Crippen LogP contribution in [0.5, 0.6) is 0 Å². The van der Waals surface area contributed by atoms with E-state index in [0.29, 0.717) is 0 Å². The van der Waals surface area contributed by atoms with Crippen molar-refractivity contribution in [3.05, 3.63) is 18.4 Å². The van der Waals surface area contributed by atoms with Gasteiger partial charge >= 0.3 is 6.18 Å². The van der Waals surface area contributed by atoms with E-state index in [-0.39, 0.29) is 0 Å². The van der Waals surface area contributed by atoms with Gasteiger partial charge in [0, 0.05) is 0 Å². The third-order valence-corrected chi connectivity index (χ3v) is 1.07. The molecule has 1 atom stereocenters. The average molecular weight is 166 g/mol. The minimum atomic E-state index is -4.50. The van der Waals surface area contributed by atoms with Crippen molar-refractivity contribution in [2.45, 2.75) is 12.2 Å². The summed E-state index contributed by atoms with van der Waals surface area (Å²) in [5.74, 6) is -0.516. The predicted octanol–water partition coefficient (Wildman–Crippen LogP) is 1.24. The van der Waals surface area contributed by atoms with E-state index in [1.54, 1.807) is 0 Å². The van der Waals surface area contributed by atoms with Crippen molar-refractivity contribution >= 4 is 0 Å². The second-order valence-corrected chi connectivity index (χ2v) is 1.89. The highest BCUT2D eigenvalue weighted by Crippen LogP contribution is 2.28. The normalized spacial score (nSPS) is 14.9. The molecular formula is C5H5F3N2O. The van der Waals surface area contributed by atoms with Crippen LogP contribution in [-0.2, 0) is 0 Å². The third-order valence-electron chi connectivity index (χ3n) is 1.07. The van der Waals surface area contributed by atoms with Crippen molar-refractivity contribution in [1.29, 1.82) is 0 Å². The van der Waals surface area contributed by atoms with Crippen LogP contribution in [0.15, 0.2) is 16.9 Å². The molecule has 1 aromatic rings. The second kappa shape index (κ2) is 2.54. The molecule has 0 fully saturated rings. The van der Waals surface area contributed by atoms with E-state index >= 15 is 0 Å². The fraction of sp³-hybridized carbons (Fsp3) is 0.400. The molecule has 0 radical (unpaired) electrons. The van der Waals surface area contributed by atoms with Gasteiger partial charge in [0.15, 0.2) is 6.04 Å². The van der Waals surface area contributed by atoms with E-state index in [4.69, 9.17) is 5.73 Å². The zero-order chi connectivity index (χ0) is 8.48. The van der Waals surface area contributed by atoms with Crippen molar-refractivity contribution in [2.24, 2.45) is 5.73 Å². The quantitative estimate of drug-likeness (QED) is 0.682. The third kappa shape index (κ3) is 1.70. The SMILES string of the molecule is NC(c1ncco1)C(F)(F)F. The van der Waals surface area contributed by atoms with E-state index in [2.05, 4.69) is 9.40 Å². The molecule has 2 N–H and O–H groups in total. The Labute approximate surface area is 60.0 Å². The Hall–Kier alpha value is -1.04. The molecule has 6 heteroatoms. The van der Waals surface area contributed by atoms with Crippen LogP contribution in [0.4, 0.5) is 13.2 Å². The molecule has 0 saturated heterocycles. The molecule has 1 aromatic heterocycles. The Morgan fingerprint density at radius 3 is 2.55 bits per heavy atom. The lowest BCUT2D eigenvalue weighted by Crippen LogP contribution is -2.28.